The quantitative estimate of drug-likeness (QED) is 0.343. The molecule has 1 heterocycles. The fraction of sp³-hybridized carbons (Fsp3) is 0.394. The van der Waals surface area contributed by atoms with Gasteiger partial charge in [0.2, 0.25) is 28.6 Å². The lowest BCUT2D eigenvalue weighted by atomic mass is 9.94. The Morgan fingerprint density at radius 1 is 0.907 bits per heavy atom. The van der Waals surface area contributed by atoms with Crippen LogP contribution in [0, 0.1) is 6.92 Å². The summed E-state index contributed by atoms with van der Waals surface area (Å²) < 4.78 is 38.0. The lowest BCUT2D eigenvalue weighted by Crippen LogP contribution is -2.55. The number of hydrogen-bond acceptors (Lipinski definition) is 6. The number of rotatable bonds is 11. The number of carbonyl (C=O) groups excluding carboxylic acids is 2. The van der Waals surface area contributed by atoms with Gasteiger partial charge in [-0.25, -0.2) is 8.42 Å². The fourth-order valence-corrected chi connectivity index (χ4v) is 6.60. The van der Waals surface area contributed by atoms with E-state index in [1.165, 1.54) is 4.90 Å². The molecule has 228 valence electrons. The number of carbonyl (C=O) groups is 2. The number of anilines is 1. The molecule has 2 aliphatic rings. The minimum absolute atomic E-state index is 0.0398. The van der Waals surface area contributed by atoms with Crippen LogP contribution in [0.25, 0.3) is 0 Å². The van der Waals surface area contributed by atoms with Crippen LogP contribution in [0.2, 0.25) is 0 Å². The van der Waals surface area contributed by atoms with Crippen molar-refractivity contribution in [3.05, 3.63) is 89.5 Å². The van der Waals surface area contributed by atoms with Gasteiger partial charge in [0.05, 0.1) is 11.9 Å². The molecule has 3 aromatic carbocycles. The standard InChI is InChI=1S/C33H39N3O6S/c1-24-10-9-13-26(18-24)21-35(29(19-25-11-5-3-6-12-25)33(38)34-27-14-7-4-8-15-27)32(37)22-36(43(2,39)40)28-16-17-30-31(20-28)42-23-41-30/h3,5-6,9-13,16-18,20,27,29H,4,7-8,14-15,19,21-23H2,1-2H3,(H,34,38). The van der Waals surface area contributed by atoms with E-state index in [2.05, 4.69) is 5.32 Å². The second-order valence-corrected chi connectivity index (χ2v) is 13.3. The molecule has 1 aliphatic heterocycles. The summed E-state index contributed by atoms with van der Waals surface area (Å²) in [4.78, 5) is 29.9. The average molecular weight is 606 g/mol. The van der Waals surface area contributed by atoms with E-state index in [9.17, 15) is 18.0 Å². The van der Waals surface area contributed by atoms with E-state index >= 15 is 0 Å². The molecular formula is C33H39N3O6S. The van der Waals surface area contributed by atoms with Crippen molar-refractivity contribution in [1.29, 1.82) is 0 Å². The maximum atomic E-state index is 14.3. The van der Waals surface area contributed by atoms with E-state index in [-0.39, 0.29) is 31.0 Å². The normalized spacial score (nSPS) is 15.5. The van der Waals surface area contributed by atoms with E-state index in [4.69, 9.17) is 9.47 Å². The second kappa shape index (κ2) is 13.5. The van der Waals surface area contributed by atoms with Gasteiger partial charge >= 0.3 is 0 Å². The smallest absolute Gasteiger partial charge is 0.244 e. The van der Waals surface area contributed by atoms with Gasteiger partial charge in [-0.3, -0.25) is 13.9 Å². The van der Waals surface area contributed by atoms with Gasteiger partial charge < -0.3 is 19.7 Å². The van der Waals surface area contributed by atoms with Gasteiger partial charge in [-0.1, -0.05) is 79.4 Å². The summed E-state index contributed by atoms with van der Waals surface area (Å²) in [6.07, 6.45) is 6.42. The van der Waals surface area contributed by atoms with Crippen LogP contribution in [0.15, 0.2) is 72.8 Å². The highest BCUT2D eigenvalue weighted by Crippen LogP contribution is 2.36. The van der Waals surface area contributed by atoms with Gasteiger partial charge in [0.15, 0.2) is 11.5 Å². The molecule has 3 aromatic rings. The number of aryl methyl sites for hydroxylation is 1. The summed E-state index contributed by atoms with van der Waals surface area (Å²) in [5.41, 5.74) is 3.06. The summed E-state index contributed by atoms with van der Waals surface area (Å²) in [5, 5.41) is 3.22. The van der Waals surface area contributed by atoms with Crippen molar-refractivity contribution in [2.45, 2.75) is 64.1 Å². The molecule has 10 heteroatoms. The first kappa shape index (κ1) is 30.4. The highest BCUT2D eigenvalue weighted by molar-refractivity contribution is 7.92. The molecule has 1 atom stereocenters. The van der Waals surface area contributed by atoms with Crippen molar-refractivity contribution >= 4 is 27.5 Å². The largest absolute Gasteiger partial charge is 0.454 e. The third kappa shape index (κ3) is 7.87. The van der Waals surface area contributed by atoms with Crippen LogP contribution in [0.1, 0.15) is 48.8 Å². The Balaban J connectivity index is 1.50. The van der Waals surface area contributed by atoms with Gasteiger partial charge in [-0.15, -0.1) is 0 Å². The number of amides is 2. The van der Waals surface area contributed by atoms with Crippen molar-refractivity contribution in [3.63, 3.8) is 0 Å². The van der Waals surface area contributed by atoms with Gasteiger partial charge in [0, 0.05) is 25.1 Å². The van der Waals surface area contributed by atoms with Gasteiger partial charge in [-0.05, 0) is 43.0 Å². The van der Waals surface area contributed by atoms with Crippen LogP contribution in [-0.2, 0) is 32.6 Å². The second-order valence-electron chi connectivity index (χ2n) is 11.4. The van der Waals surface area contributed by atoms with Crippen LogP contribution in [-0.4, -0.2) is 56.8 Å². The van der Waals surface area contributed by atoms with Crippen LogP contribution in [0.5, 0.6) is 11.5 Å². The Morgan fingerprint density at radius 2 is 1.63 bits per heavy atom. The SMILES string of the molecule is Cc1cccc(CN(C(=O)CN(c2ccc3c(c2)OCO3)S(C)(=O)=O)C(Cc2ccccc2)C(=O)NC2CCCCC2)c1. The zero-order valence-electron chi connectivity index (χ0n) is 24.7. The summed E-state index contributed by atoms with van der Waals surface area (Å²) >= 11 is 0. The Hall–Kier alpha value is -4.05. The molecule has 9 nitrogen and oxygen atoms in total. The molecule has 1 saturated carbocycles. The Bertz CT molecular complexity index is 1540. The number of nitrogens with one attached hydrogen (secondary N) is 1. The van der Waals surface area contributed by atoms with Gasteiger partial charge in [0.25, 0.3) is 0 Å². The van der Waals surface area contributed by atoms with E-state index in [1.807, 2.05) is 61.5 Å². The molecule has 1 fully saturated rings. The first-order chi connectivity index (χ1) is 20.7. The molecule has 1 N–H and O–H groups in total. The van der Waals surface area contributed by atoms with Crippen LogP contribution < -0.4 is 19.1 Å². The van der Waals surface area contributed by atoms with E-state index < -0.39 is 28.5 Å². The van der Waals surface area contributed by atoms with Crippen LogP contribution in [0.4, 0.5) is 5.69 Å². The van der Waals surface area contributed by atoms with Crippen molar-refractivity contribution in [2.24, 2.45) is 0 Å². The lowest BCUT2D eigenvalue weighted by molar-refractivity contribution is -0.140. The molecule has 0 radical (unpaired) electrons. The molecule has 5 rings (SSSR count). The summed E-state index contributed by atoms with van der Waals surface area (Å²) in [5.74, 6) is 0.200. The van der Waals surface area contributed by atoms with E-state index in [0.29, 0.717) is 17.9 Å². The van der Waals surface area contributed by atoms with E-state index in [0.717, 1.165) is 59.4 Å². The molecule has 2 amide bonds. The Morgan fingerprint density at radius 3 is 2.35 bits per heavy atom. The van der Waals surface area contributed by atoms with Crippen molar-refractivity contribution in [2.75, 3.05) is 23.9 Å². The third-order valence-electron chi connectivity index (χ3n) is 7.98. The fourth-order valence-electron chi connectivity index (χ4n) is 5.76. The van der Waals surface area contributed by atoms with Crippen molar-refractivity contribution in [3.8, 4) is 11.5 Å². The predicted octanol–water partition coefficient (Wildman–Crippen LogP) is 4.58. The number of sulfonamides is 1. The van der Waals surface area contributed by atoms with Gasteiger partial charge in [0.1, 0.15) is 12.6 Å². The number of hydrogen-bond donors (Lipinski definition) is 1. The number of nitrogens with zero attached hydrogens (tertiary/aromatic N) is 2. The number of fused-ring (bicyclic) bond motifs is 1. The average Bonchev–Trinajstić information content (AvgIpc) is 3.46. The molecular weight excluding hydrogens is 566 g/mol. The predicted molar refractivity (Wildman–Crippen MR) is 165 cm³/mol. The highest BCUT2D eigenvalue weighted by atomic mass is 32.2. The van der Waals surface area contributed by atoms with Crippen molar-refractivity contribution < 1.29 is 27.5 Å². The highest BCUT2D eigenvalue weighted by Gasteiger charge is 2.34. The Labute approximate surface area is 253 Å². The number of ether oxygens (including phenoxy) is 2. The van der Waals surface area contributed by atoms with Crippen LogP contribution >= 0.6 is 0 Å². The summed E-state index contributed by atoms with van der Waals surface area (Å²) in [6.45, 7) is 1.68. The minimum atomic E-state index is -3.88. The molecule has 0 saturated heterocycles. The molecule has 0 aromatic heterocycles. The first-order valence-electron chi connectivity index (χ1n) is 14.7. The third-order valence-corrected chi connectivity index (χ3v) is 9.12. The zero-order chi connectivity index (χ0) is 30.4. The summed E-state index contributed by atoms with van der Waals surface area (Å²) in [7, 11) is -3.88. The molecule has 1 unspecified atom stereocenters. The lowest BCUT2D eigenvalue weighted by Gasteiger charge is -2.35. The Kier molecular flexibility index (Phi) is 9.55. The zero-order valence-corrected chi connectivity index (χ0v) is 25.5. The molecule has 1 aliphatic carbocycles. The van der Waals surface area contributed by atoms with Crippen molar-refractivity contribution in [1.82, 2.24) is 10.2 Å². The molecule has 0 bridgehead atoms. The minimum Gasteiger partial charge on any atom is -0.454 e. The maximum absolute atomic E-state index is 14.3. The van der Waals surface area contributed by atoms with E-state index in [1.54, 1.807) is 18.2 Å². The number of benzene rings is 3. The topological polar surface area (TPSA) is 105 Å². The van der Waals surface area contributed by atoms with Gasteiger partial charge in [-0.2, -0.15) is 0 Å². The molecule has 43 heavy (non-hydrogen) atoms. The molecule has 0 spiro atoms. The van der Waals surface area contributed by atoms with Crippen LogP contribution in [0.3, 0.4) is 0 Å². The monoisotopic (exact) mass is 605 g/mol. The first-order valence-corrected chi connectivity index (χ1v) is 16.6. The summed E-state index contributed by atoms with van der Waals surface area (Å²) in [6, 6.07) is 21.3. The maximum Gasteiger partial charge on any atom is 0.244 e.